The van der Waals surface area contributed by atoms with Crippen LogP contribution in [0.25, 0.3) is 22.3 Å². The lowest BCUT2D eigenvalue weighted by molar-refractivity contribution is 0.0957. The first kappa shape index (κ1) is 15.2. The zero-order valence-corrected chi connectivity index (χ0v) is 13.6. The average molecular weight is 308 g/mol. The topological polar surface area (TPSA) is 59.8 Å². The van der Waals surface area contributed by atoms with Crippen molar-refractivity contribution in [3.05, 3.63) is 48.2 Å². The summed E-state index contributed by atoms with van der Waals surface area (Å²) in [6.45, 7) is 6.60. The van der Waals surface area contributed by atoms with E-state index >= 15 is 0 Å². The van der Waals surface area contributed by atoms with Crippen molar-refractivity contribution in [1.29, 1.82) is 0 Å². The van der Waals surface area contributed by atoms with Gasteiger partial charge >= 0.3 is 0 Å². The van der Waals surface area contributed by atoms with Crippen molar-refractivity contribution in [2.45, 2.75) is 26.8 Å². The fourth-order valence-corrected chi connectivity index (χ4v) is 2.60. The number of hydrogen-bond acceptors (Lipinski definition) is 3. The number of carbonyl (C=O) groups is 1. The second-order valence-corrected chi connectivity index (χ2v) is 5.70. The molecule has 0 saturated carbocycles. The van der Waals surface area contributed by atoms with Crippen LogP contribution in [0, 0.1) is 0 Å². The lowest BCUT2D eigenvalue weighted by Gasteiger charge is -2.10. The fourth-order valence-electron chi connectivity index (χ4n) is 2.60. The quantitative estimate of drug-likeness (QED) is 0.803. The van der Waals surface area contributed by atoms with Gasteiger partial charge in [-0.15, -0.1) is 0 Å². The molecule has 0 spiro atoms. The van der Waals surface area contributed by atoms with Crippen molar-refractivity contribution in [2.24, 2.45) is 0 Å². The summed E-state index contributed by atoms with van der Waals surface area (Å²) in [5.41, 5.74) is 3.11. The molecular weight excluding hydrogens is 288 g/mol. The number of nitrogens with one attached hydrogen (secondary N) is 1. The molecule has 0 bridgehead atoms. The number of benzene rings is 1. The largest absolute Gasteiger partial charge is 0.352 e. The number of fused-ring (bicyclic) bond motifs is 1. The van der Waals surface area contributed by atoms with Crippen molar-refractivity contribution >= 4 is 16.9 Å². The number of nitrogens with zero attached hydrogens (tertiary/aromatic N) is 3. The Morgan fingerprint density at radius 2 is 2.00 bits per heavy atom. The number of aromatic nitrogens is 3. The monoisotopic (exact) mass is 308 g/mol. The second-order valence-electron chi connectivity index (χ2n) is 5.70. The van der Waals surface area contributed by atoms with Gasteiger partial charge < -0.3 is 5.32 Å². The first-order valence-electron chi connectivity index (χ1n) is 7.83. The normalized spacial score (nSPS) is 11.1. The van der Waals surface area contributed by atoms with Crippen LogP contribution in [0.1, 0.15) is 37.2 Å². The molecule has 0 atom stereocenters. The maximum atomic E-state index is 12.4. The molecule has 3 aromatic rings. The third kappa shape index (κ3) is 2.82. The van der Waals surface area contributed by atoms with Crippen LogP contribution in [-0.4, -0.2) is 27.2 Å². The Labute approximate surface area is 135 Å². The maximum Gasteiger partial charge on any atom is 0.252 e. The predicted molar refractivity (Wildman–Crippen MR) is 91.4 cm³/mol. The van der Waals surface area contributed by atoms with Gasteiger partial charge in [-0.2, -0.15) is 5.10 Å². The summed E-state index contributed by atoms with van der Waals surface area (Å²) in [6, 6.07) is 11.9. The highest BCUT2D eigenvalue weighted by atomic mass is 16.1. The molecule has 1 N–H and O–H groups in total. The molecule has 0 aliphatic heterocycles. The van der Waals surface area contributed by atoms with Crippen LogP contribution in [0.3, 0.4) is 0 Å². The Balaban J connectivity index is 2.26. The summed E-state index contributed by atoms with van der Waals surface area (Å²) in [5.74, 6) is -0.0969. The van der Waals surface area contributed by atoms with Gasteiger partial charge in [0.2, 0.25) is 0 Å². The van der Waals surface area contributed by atoms with Gasteiger partial charge in [0.15, 0.2) is 5.65 Å². The van der Waals surface area contributed by atoms with Gasteiger partial charge in [-0.25, -0.2) is 9.67 Å². The molecule has 2 heterocycles. The van der Waals surface area contributed by atoms with E-state index in [2.05, 4.69) is 24.3 Å². The molecule has 0 fully saturated rings. The summed E-state index contributed by atoms with van der Waals surface area (Å²) in [4.78, 5) is 17.2. The van der Waals surface area contributed by atoms with Gasteiger partial charge in [-0.05, 0) is 26.8 Å². The third-order valence-electron chi connectivity index (χ3n) is 3.71. The Morgan fingerprint density at radius 1 is 1.26 bits per heavy atom. The molecule has 0 aliphatic carbocycles. The van der Waals surface area contributed by atoms with Crippen molar-refractivity contribution in [3.8, 4) is 11.3 Å². The summed E-state index contributed by atoms with van der Waals surface area (Å²) in [6.07, 6.45) is 1.72. The van der Waals surface area contributed by atoms with Crippen LogP contribution >= 0.6 is 0 Å². The summed E-state index contributed by atoms with van der Waals surface area (Å²) in [7, 11) is 0. The maximum absolute atomic E-state index is 12.4. The van der Waals surface area contributed by atoms with E-state index in [0.29, 0.717) is 12.1 Å². The standard InChI is InChI=1S/C18H20N4O/c1-4-19-18(23)14-10-16(13-8-6-5-7-9-13)21-17-15(14)11-20-22(17)12(2)3/h5-12H,4H2,1-3H3,(H,19,23). The lowest BCUT2D eigenvalue weighted by atomic mass is 10.1. The summed E-state index contributed by atoms with van der Waals surface area (Å²) in [5, 5.41) is 8.06. The van der Waals surface area contributed by atoms with Crippen LogP contribution in [0.15, 0.2) is 42.6 Å². The van der Waals surface area contributed by atoms with Crippen molar-refractivity contribution in [3.63, 3.8) is 0 Å². The molecule has 5 heteroatoms. The minimum atomic E-state index is -0.0969. The lowest BCUT2D eigenvalue weighted by Crippen LogP contribution is -2.23. The Kier molecular flexibility index (Phi) is 4.10. The third-order valence-corrected chi connectivity index (χ3v) is 3.71. The summed E-state index contributed by atoms with van der Waals surface area (Å²) < 4.78 is 1.85. The number of hydrogen-bond donors (Lipinski definition) is 1. The van der Waals surface area contributed by atoms with E-state index < -0.39 is 0 Å². The van der Waals surface area contributed by atoms with Crippen molar-refractivity contribution in [2.75, 3.05) is 6.54 Å². The summed E-state index contributed by atoms with van der Waals surface area (Å²) >= 11 is 0. The van der Waals surface area contributed by atoms with E-state index in [4.69, 9.17) is 4.98 Å². The predicted octanol–water partition coefficient (Wildman–Crippen LogP) is 3.43. The van der Waals surface area contributed by atoms with Crippen LogP contribution in [0.2, 0.25) is 0 Å². The van der Waals surface area contributed by atoms with E-state index in [-0.39, 0.29) is 11.9 Å². The average Bonchev–Trinajstić information content (AvgIpc) is 2.99. The van der Waals surface area contributed by atoms with E-state index in [1.807, 2.05) is 48.0 Å². The second kappa shape index (κ2) is 6.20. The molecule has 2 aromatic heterocycles. The zero-order valence-electron chi connectivity index (χ0n) is 13.6. The molecule has 1 amide bonds. The first-order chi connectivity index (χ1) is 11.1. The first-order valence-corrected chi connectivity index (χ1v) is 7.83. The van der Waals surface area contributed by atoms with Gasteiger partial charge in [0.05, 0.1) is 22.8 Å². The molecule has 3 rings (SSSR count). The molecular formula is C18H20N4O. The van der Waals surface area contributed by atoms with E-state index in [0.717, 1.165) is 22.3 Å². The molecule has 118 valence electrons. The van der Waals surface area contributed by atoms with Gasteiger partial charge in [0, 0.05) is 18.2 Å². The van der Waals surface area contributed by atoms with Crippen molar-refractivity contribution in [1.82, 2.24) is 20.1 Å². The highest BCUT2D eigenvalue weighted by Crippen LogP contribution is 2.26. The van der Waals surface area contributed by atoms with Gasteiger partial charge in [0.25, 0.3) is 5.91 Å². The molecule has 0 saturated heterocycles. The van der Waals surface area contributed by atoms with Gasteiger partial charge in [-0.3, -0.25) is 4.79 Å². The molecule has 5 nitrogen and oxygen atoms in total. The Morgan fingerprint density at radius 3 is 2.65 bits per heavy atom. The number of carbonyl (C=O) groups excluding carboxylic acids is 1. The highest BCUT2D eigenvalue weighted by Gasteiger charge is 2.17. The molecule has 1 aromatic carbocycles. The van der Waals surface area contributed by atoms with E-state index in [1.165, 1.54) is 0 Å². The van der Waals surface area contributed by atoms with Crippen LogP contribution in [-0.2, 0) is 0 Å². The number of rotatable bonds is 4. The molecule has 0 aliphatic rings. The zero-order chi connectivity index (χ0) is 16.4. The molecule has 0 unspecified atom stereocenters. The highest BCUT2D eigenvalue weighted by molar-refractivity contribution is 6.06. The van der Waals surface area contributed by atoms with E-state index in [1.54, 1.807) is 6.20 Å². The Bertz CT molecular complexity index is 837. The minimum Gasteiger partial charge on any atom is -0.352 e. The number of pyridine rings is 1. The molecule has 0 radical (unpaired) electrons. The van der Waals surface area contributed by atoms with Crippen molar-refractivity contribution < 1.29 is 4.79 Å². The van der Waals surface area contributed by atoms with Crippen LogP contribution in [0.4, 0.5) is 0 Å². The SMILES string of the molecule is CCNC(=O)c1cc(-c2ccccc2)nc2c1cnn2C(C)C. The van der Waals surface area contributed by atoms with E-state index in [9.17, 15) is 4.79 Å². The van der Waals surface area contributed by atoms with Crippen LogP contribution < -0.4 is 5.32 Å². The fraction of sp³-hybridized carbons (Fsp3) is 0.278. The van der Waals surface area contributed by atoms with Gasteiger partial charge in [0.1, 0.15) is 0 Å². The molecule has 23 heavy (non-hydrogen) atoms. The van der Waals surface area contributed by atoms with Gasteiger partial charge in [-0.1, -0.05) is 30.3 Å². The van der Waals surface area contributed by atoms with Crippen LogP contribution in [0.5, 0.6) is 0 Å². The number of amides is 1. The minimum absolute atomic E-state index is 0.0969. The smallest absolute Gasteiger partial charge is 0.252 e. The Hall–Kier alpha value is -2.69.